The van der Waals surface area contributed by atoms with Gasteiger partial charge in [0.25, 0.3) is 0 Å². The summed E-state index contributed by atoms with van der Waals surface area (Å²) in [5, 5.41) is 23.8. The lowest BCUT2D eigenvalue weighted by atomic mass is 9.74. The van der Waals surface area contributed by atoms with Crippen molar-refractivity contribution in [1.29, 1.82) is 5.26 Å². The summed E-state index contributed by atoms with van der Waals surface area (Å²) in [6.45, 7) is 8.64. The second kappa shape index (κ2) is 9.76. The van der Waals surface area contributed by atoms with Gasteiger partial charge in [0.2, 0.25) is 5.82 Å². The highest BCUT2D eigenvalue weighted by Crippen LogP contribution is 2.53. The Bertz CT molecular complexity index is 1340. The highest BCUT2D eigenvalue weighted by molar-refractivity contribution is 7.90. The van der Waals surface area contributed by atoms with Gasteiger partial charge in [-0.3, -0.25) is 5.32 Å². The highest BCUT2D eigenvalue weighted by Gasteiger charge is 2.53. The molecule has 0 radical (unpaired) electrons. The van der Waals surface area contributed by atoms with E-state index in [4.69, 9.17) is 4.74 Å². The van der Waals surface area contributed by atoms with Gasteiger partial charge in [-0.1, -0.05) is 0 Å². The highest BCUT2D eigenvalue weighted by atomic mass is 32.2. The van der Waals surface area contributed by atoms with Crippen LogP contribution in [0.4, 0.5) is 25.8 Å². The van der Waals surface area contributed by atoms with Crippen molar-refractivity contribution in [3.05, 3.63) is 21.8 Å². The number of aryl methyl sites for hydroxylation is 1. The third-order valence-electron chi connectivity index (χ3n) is 7.38. The van der Waals surface area contributed by atoms with Gasteiger partial charge in [0.15, 0.2) is 11.6 Å². The van der Waals surface area contributed by atoms with E-state index in [9.17, 15) is 19.7 Å². The van der Waals surface area contributed by atoms with Crippen LogP contribution in [0.25, 0.3) is 0 Å². The Labute approximate surface area is 234 Å². The summed E-state index contributed by atoms with van der Waals surface area (Å²) in [5.41, 5.74) is -0.688. The lowest BCUT2D eigenvalue weighted by Crippen LogP contribution is -2.59. The van der Waals surface area contributed by atoms with E-state index in [1.807, 2.05) is 0 Å². The number of hydrogen-bond acceptors (Lipinski definition) is 10. The summed E-state index contributed by atoms with van der Waals surface area (Å²) in [4.78, 5) is 25.5. The fourth-order valence-electron chi connectivity index (χ4n) is 5.79. The van der Waals surface area contributed by atoms with E-state index < -0.39 is 34.3 Å². The van der Waals surface area contributed by atoms with Crippen LogP contribution in [0.3, 0.4) is 0 Å². The number of thiophene rings is 1. The van der Waals surface area contributed by atoms with E-state index in [1.165, 1.54) is 17.6 Å². The number of piperidine rings is 1. The van der Waals surface area contributed by atoms with Crippen molar-refractivity contribution >= 4 is 45.2 Å². The van der Waals surface area contributed by atoms with Crippen LogP contribution >= 0.6 is 11.3 Å². The molecule has 3 aliphatic rings. The molecule has 210 valence electrons. The van der Waals surface area contributed by atoms with E-state index in [0.29, 0.717) is 43.0 Å². The van der Waals surface area contributed by atoms with E-state index in [0.717, 1.165) is 23.3 Å². The number of β-amino-alcohol motifs (C(OH)–C–C–N with tert-alkyl or cyclic N) is 1. The average molecular weight is 577 g/mol. The van der Waals surface area contributed by atoms with Crippen LogP contribution in [0.5, 0.6) is 0 Å². The first kappa shape index (κ1) is 27.9. The maximum absolute atomic E-state index is 15.9. The summed E-state index contributed by atoms with van der Waals surface area (Å²) in [7, 11) is 0. The van der Waals surface area contributed by atoms with Gasteiger partial charge in [-0.25, -0.2) is 4.79 Å². The third kappa shape index (κ3) is 5.27. The zero-order valence-electron chi connectivity index (χ0n) is 22.8. The van der Waals surface area contributed by atoms with Crippen LogP contribution in [0.15, 0.2) is 5.16 Å². The number of carbonyl (C=O) groups excluding carboxylic acids is 1. The average Bonchev–Trinajstić information content (AvgIpc) is 3.32. The maximum atomic E-state index is 15.9. The van der Waals surface area contributed by atoms with E-state index >= 15 is 4.39 Å². The molecule has 0 saturated carbocycles. The molecule has 2 aromatic heterocycles. The molecule has 2 saturated heterocycles. The molecule has 2 aromatic rings. The quantitative estimate of drug-likeness (QED) is 0.412. The Morgan fingerprint density at radius 1 is 1.26 bits per heavy atom. The molecule has 2 N–H and O–H groups in total. The fraction of sp³-hybridized carbons (Fsp3) is 0.615. The molecular weight excluding hydrogens is 543 g/mol. The Morgan fingerprint density at radius 2 is 1.92 bits per heavy atom. The number of anilines is 3. The SMILES string of the molecule is C[S+]([O-])c1nc(N2CC3(CCc4sc(NC(=O)OC(C)(C)C)c(C#N)c43)C2)c(F)c(N2CCC[C@@](C)(O)C2)n1. The van der Waals surface area contributed by atoms with Crippen molar-refractivity contribution in [2.45, 2.75) is 75.2 Å². The topological polar surface area (TPSA) is 138 Å². The molecule has 5 rings (SSSR count). The Kier molecular flexibility index (Phi) is 6.98. The van der Waals surface area contributed by atoms with Crippen LogP contribution in [-0.4, -0.2) is 69.4 Å². The number of hydrogen-bond donors (Lipinski definition) is 2. The lowest BCUT2D eigenvalue weighted by molar-refractivity contribution is 0.0444. The number of amides is 1. The van der Waals surface area contributed by atoms with Crippen molar-refractivity contribution < 1.29 is 23.6 Å². The lowest BCUT2D eigenvalue weighted by Gasteiger charge is -2.49. The normalized spacial score (nSPS) is 22.7. The van der Waals surface area contributed by atoms with E-state index in [2.05, 4.69) is 21.4 Å². The largest absolute Gasteiger partial charge is 0.609 e. The predicted molar refractivity (Wildman–Crippen MR) is 147 cm³/mol. The first-order chi connectivity index (χ1) is 18.2. The zero-order chi connectivity index (χ0) is 28.3. The van der Waals surface area contributed by atoms with Crippen LogP contribution in [0.1, 0.15) is 63.0 Å². The molecule has 2 fully saturated rings. The zero-order valence-corrected chi connectivity index (χ0v) is 24.4. The minimum atomic E-state index is -1.54. The van der Waals surface area contributed by atoms with Gasteiger partial charge < -0.3 is 24.2 Å². The van der Waals surface area contributed by atoms with Crippen LogP contribution < -0.4 is 15.1 Å². The fourth-order valence-corrected chi connectivity index (χ4v) is 7.47. The van der Waals surface area contributed by atoms with Crippen molar-refractivity contribution in [3.63, 3.8) is 0 Å². The molecule has 10 nitrogen and oxygen atoms in total. The number of rotatable bonds is 4. The number of nitrogens with zero attached hydrogens (tertiary/aromatic N) is 5. The van der Waals surface area contributed by atoms with Crippen molar-refractivity contribution in [2.24, 2.45) is 0 Å². The van der Waals surface area contributed by atoms with Crippen LogP contribution in [-0.2, 0) is 27.7 Å². The van der Waals surface area contributed by atoms with Gasteiger partial charge in [-0.05, 0) is 58.9 Å². The van der Waals surface area contributed by atoms with Gasteiger partial charge in [-0.15, -0.1) is 11.3 Å². The predicted octanol–water partition coefficient (Wildman–Crippen LogP) is 3.69. The number of carbonyl (C=O) groups is 1. The number of aliphatic hydroxyl groups is 1. The maximum Gasteiger partial charge on any atom is 0.412 e. The Hall–Kier alpha value is -2.66. The third-order valence-corrected chi connectivity index (χ3v) is 9.24. The van der Waals surface area contributed by atoms with Gasteiger partial charge in [0, 0.05) is 47.6 Å². The van der Waals surface area contributed by atoms with Crippen LogP contribution in [0.2, 0.25) is 0 Å². The Balaban J connectivity index is 1.42. The molecule has 39 heavy (non-hydrogen) atoms. The minimum absolute atomic E-state index is 0.0387. The molecule has 2 aliphatic heterocycles. The van der Waals surface area contributed by atoms with Gasteiger partial charge in [0.05, 0.1) is 11.2 Å². The molecule has 2 atom stereocenters. The van der Waals surface area contributed by atoms with E-state index in [1.54, 1.807) is 37.5 Å². The summed E-state index contributed by atoms with van der Waals surface area (Å²) >= 11 is -0.152. The summed E-state index contributed by atoms with van der Waals surface area (Å²) in [5.74, 6) is -0.473. The number of halogens is 1. The summed E-state index contributed by atoms with van der Waals surface area (Å²) < 4.78 is 33.7. The first-order valence-electron chi connectivity index (χ1n) is 12.9. The molecule has 1 aliphatic carbocycles. The number of fused-ring (bicyclic) bond motifs is 2. The molecule has 0 aromatic carbocycles. The molecular formula is C26H33FN6O4S2. The number of ether oxygens (including phenoxy) is 1. The molecule has 1 spiro atoms. The minimum Gasteiger partial charge on any atom is -0.609 e. The smallest absolute Gasteiger partial charge is 0.412 e. The number of nitrogens with one attached hydrogen (secondary N) is 1. The second-order valence-electron chi connectivity index (χ2n) is 11.9. The molecule has 4 heterocycles. The Morgan fingerprint density at radius 3 is 2.51 bits per heavy atom. The van der Waals surface area contributed by atoms with Gasteiger partial charge >= 0.3 is 11.2 Å². The van der Waals surface area contributed by atoms with Crippen molar-refractivity contribution in [3.8, 4) is 6.07 Å². The molecule has 13 heteroatoms. The standard InChI is InChI=1S/C26H33FN6O4S2/c1-24(2,3)37-23(34)31-21-15(11-28)17-16(38-21)7-9-26(17)13-33(14-26)20-18(27)19(29-22(30-20)39(5)36)32-10-6-8-25(4,35)12-32/h35H,6-10,12-14H2,1-5H3,(H,31,34)/t25-,39?/m1/s1. The summed E-state index contributed by atoms with van der Waals surface area (Å²) in [6.07, 6.45) is 3.68. The van der Waals surface area contributed by atoms with Gasteiger partial charge in [0.1, 0.15) is 22.9 Å². The molecule has 0 bridgehead atoms. The molecule has 1 unspecified atom stereocenters. The first-order valence-corrected chi connectivity index (χ1v) is 15.3. The monoisotopic (exact) mass is 576 g/mol. The number of aromatic nitrogens is 2. The summed E-state index contributed by atoms with van der Waals surface area (Å²) in [6, 6.07) is 2.27. The second-order valence-corrected chi connectivity index (χ2v) is 14.3. The van der Waals surface area contributed by atoms with Crippen LogP contribution in [0, 0.1) is 17.1 Å². The molecule has 1 amide bonds. The van der Waals surface area contributed by atoms with E-state index in [-0.39, 0.29) is 28.8 Å². The van der Waals surface area contributed by atoms with Crippen molar-refractivity contribution in [1.82, 2.24) is 9.97 Å². The number of nitriles is 1. The van der Waals surface area contributed by atoms with Gasteiger partial charge in [-0.2, -0.15) is 19.6 Å². The van der Waals surface area contributed by atoms with Crippen molar-refractivity contribution in [2.75, 3.05) is 47.6 Å².